The minimum Gasteiger partial charge on any atom is -0.374 e. The molecule has 2 unspecified atom stereocenters. The molecule has 0 radical (unpaired) electrons. The first kappa shape index (κ1) is 12.2. The van der Waals surface area contributed by atoms with Crippen LogP contribution in [0.5, 0.6) is 0 Å². The molecule has 1 saturated heterocycles. The molecule has 2 nitrogen and oxygen atoms in total. The topological polar surface area (TPSA) is 21.3 Å². The summed E-state index contributed by atoms with van der Waals surface area (Å²) in [5, 5.41) is 4.01. The smallest absolute Gasteiger partial charge is 0.261 e. The summed E-state index contributed by atoms with van der Waals surface area (Å²) in [6, 6.07) is 0.533. The van der Waals surface area contributed by atoms with E-state index in [4.69, 9.17) is 4.74 Å². The van der Waals surface area contributed by atoms with Crippen molar-refractivity contribution in [3.05, 3.63) is 0 Å². The maximum atomic E-state index is 11.7. The fourth-order valence-electron chi connectivity index (χ4n) is 1.47. The molecule has 0 saturated carbocycles. The number of hydrogen-bond donors (Lipinski definition) is 1. The van der Waals surface area contributed by atoms with Gasteiger partial charge in [0.05, 0.1) is 6.61 Å². The summed E-state index contributed by atoms with van der Waals surface area (Å²) >= 11 is 1.95. The monoisotopic (exact) mass is 225 g/mol. The lowest BCUT2D eigenvalue weighted by Gasteiger charge is -2.11. The third kappa shape index (κ3) is 5.12. The number of hydrogen-bond acceptors (Lipinski definition) is 3. The lowest BCUT2D eigenvalue weighted by Crippen LogP contribution is -2.32. The van der Waals surface area contributed by atoms with E-state index >= 15 is 0 Å². The Morgan fingerprint density at radius 2 is 2.36 bits per heavy atom. The maximum Gasteiger partial charge on any atom is 0.261 e. The summed E-state index contributed by atoms with van der Waals surface area (Å²) in [7, 11) is 0. The van der Waals surface area contributed by atoms with Gasteiger partial charge in [0, 0.05) is 23.6 Å². The Hall–Kier alpha value is 0.130. The predicted molar refractivity (Wildman–Crippen MR) is 55.2 cm³/mol. The first-order chi connectivity index (χ1) is 6.68. The minimum absolute atomic E-state index is 0.375. The van der Waals surface area contributed by atoms with Gasteiger partial charge < -0.3 is 10.1 Å². The van der Waals surface area contributed by atoms with Crippen LogP contribution < -0.4 is 5.32 Å². The van der Waals surface area contributed by atoms with Crippen LogP contribution in [0.3, 0.4) is 0 Å². The zero-order chi connectivity index (χ0) is 10.4. The average Bonchev–Trinajstić information content (AvgIpc) is 2.50. The Morgan fingerprint density at radius 3 is 2.93 bits per heavy atom. The van der Waals surface area contributed by atoms with Gasteiger partial charge in [-0.2, -0.15) is 11.8 Å². The Balaban J connectivity index is 1.89. The van der Waals surface area contributed by atoms with Crippen LogP contribution in [-0.2, 0) is 4.74 Å². The quantitative estimate of drug-likeness (QED) is 0.696. The van der Waals surface area contributed by atoms with Crippen molar-refractivity contribution in [2.75, 3.05) is 25.5 Å². The van der Waals surface area contributed by atoms with Crippen molar-refractivity contribution >= 4 is 11.8 Å². The molecular formula is C9H17F2NOS. The SMILES string of the molecule is CC1CC(NCCOCC(F)F)CS1. The van der Waals surface area contributed by atoms with Crippen LogP contribution in [0, 0.1) is 0 Å². The molecule has 1 rings (SSSR count). The highest BCUT2D eigenvalue weighted by atomic mass is 32.2. The van der Waals surface area contributed by atoms with Gasteiger partial charge in [0.25, 0.3) is 6.43 Å². The van der Waals surface area contributed by atoms with Crippen LogP contribution in [-0.4, -0.2) is 43.2 Å². The highest BCUT2D eigenvalue weighted by Gasteiger charge is 2.20. The molecule has 1 heterocycles. The van der Waals surface area contributed by atoms with Gasteiger partial charge in [-0.1, -0.05) is 6.92 Å². The molecule has 1 aliphatic rings. The van der Waals surface area contributed by atoms with E-state index in [1.165, 1.54) is 6.42 Å². The molecule has 14 heavy (non-hydrogen) atoms. The van der Waals surface area contributed by atoms with Gasteiger partial charge in [-0.15, -0.1) is 0 Å². The first-order valence-electron chi connectivity index (χ1n) is 4.89. The number of ether oxygens (including phenoxy) is 1. The molecule has 5 heteroatoms. The predicted octanol–water partition coefficient (Wildman–Crippen LogP) is 1.75. The van der Waals surface area contributed by atoms with Crippen LogP contribution in [0.4, 0.5) is 8.78 Å². The van der Waals surface area contributed by atoms with Crippen LogP contribution in [0.25, 0.3) is 0 Å². The third-order valence-corrected chi connectivity index (χ3v) is 3.48. The number of thioether (sulfide) groups is 1. The van der Waals surface area contributed by atoms with E-state index in [-0.39, 0.29) is 0 Å². The third-order valence-electron chi connectivity index (χ3n) is 2.12. The van der Waals surface area contributed by atoms with E-state index in [9.17, 15) is 8.78 Å². The van der Waals surface area contributed by atoms with E-state index in [1.807, 2.05) is 11.8 Å². The molecule has 1 fully saturated rings. The van der Waals surface area contributed by atoms with E-state index < -0.39 is 13.0 Å². The summed E-state index contributed by atoms with van der Waals surface area (Å²) in [6.45, 7) is 2.81. The van der Waals surface area contributed by atoms with Crippen LogP contribution >= 0.6 is 11.8 Å². The van der Waals surface area contributed by atoms with Crippen molar-refractivity contribution in [2.24, 2.45) is 0 Å². The van der Waals surface area contributed by atoms with Gasteiger partial charge in [0.15, 0.2) is 0 Å². The van der Waals surface area contributed by atoms with Crippen LogP contribution in [0.1, 0.15) is 13.3 Å². The molecule has 1 aliphatic heterocycles. The van der Waals surface area contributed by atoms with Crippen molar-refractivity contribution in [3.63, 3.8) is 0 Å². The molecular weight excluding hydrogens is 208 g/mol. The van der Waals surface area contributed by atoms with Crippen LogP contribution in [0.2, 0.25) is 0 Å². The van der Waals surface area contributed by atoms with Gasteiger partial charge in [-0.25, -0.2) is 8.78 Å². The summed E-state index contributed by atoms with van der Waals surface area (Å²) in [6.07, 6.45) is -1.18. The van der Waals surface area contributed by atoms with Gasteiger partial charge >= 0.3 is 0 Å². The molecule has 1 N–H and O–H groups in total. The van der Waals surface area contributed by atoms with Crippen LogP contribution in [0.15, 0.2) is 0 Å². The summed E-state index contributed by atoms with van der Waals surface area (Å²) < 4.78 is 28.1. The summed E-state index contributed by atoms with van der Waals surface area (Å²) in [5.41, 5.74) is 0. The van der Waals surface area contributed by atoms with Gasteiger partial charge in [-0.3, -0.25) is 0 Å². The molecule has 84 valence electrons. The molecule has 0 aromatic carbocycles. The zero-order valence-corrected chi connectivity index (χ0v) is 9.16. The van der Waals surface area contributed by atoms with Crippen molar-refractivity contribution in [3.8, 4) is 0 Å². The van der Waals surface area contributed by atoms with E-state index in [0.29, 0.717) is 19.2 Å². The van der Waals surface area contributed by atoms with E-state index in [2.05, 4.69) is 12.2 Å². The van der Waals surface area contributed by atoms with E-state index in [1.54, 1.807) is 0 Å². The largest absolute Gasteiger partial charge is 0.374 e. The lowest BCUT2D eigenvalue weighted by molar-refractivity contribution is 0.0183. The molecule has 0 aliphatic carbocycles. The molecule has 0 amide bonds. The van der Waals surface area contributed by atoms with Crippen molar-refractivity contribution < 1.29 is 13.5 Å². The highest BCUT2D eigenvalue weighted by molar-refractivity contribution is 8.00. The zero-order valence-electron chi connectivity index (χ0n) is 8.34. The Bertz CT molecular complexity index is 160. The molecule has 0 spiro atoms. The van der Waals surface area contributed by atoms with Crippen molar-refractivity contribution in [2.45, 2.75) is 31.1 Å². The fourth-order valence-corrected chi connectivity index (χ4v) is 2.65. The standard InChI is InChI=1S/C9H17F2NOS/c1-7-4-8(6-14-7)12-2-3-13-5-9(10)11/h7-9,12H,2-6H2,1H3. The fraction of sp³-hybridized carbons (Fsp3) is 1.00. The van der Waals surface area contributed by atoms with Crippen molar-refractivity contribution in [1.82, 2.24) is 5.32 Å². The molecule has 0 aromatic heterocycles. The summed E-state index contributed by atoms with van der Waals surface area (Å²) in [4.78, 5) is 0. The second kappa shape index (κ2) is 6.58. The maximum absolute atomic E-state index is 11.7. The van der Waals surface area contributed by atoms with Crippen molar-refractivity contribution in [1.29, 1.82) is 0 Å². The number of nitrogens with one attached hydrogen (secondary N) is 1. The molecule has 2 atom stereocenters. The average molecular weight is 225 g/mol. The second-order valence-corrected chi connectivity index (χ2v) is 4.97. The van der Waals surface area contributed by atoms with Gasteiger partial charge in [0.1, 0.15) is 6.61 Å². The minimum atomic E-state index is -2.35. The normalized spacial score (nSPS) is 27.4. The van der Waals surface area contributed by atoms with E-state index in [0.717, 1.165) is 11.0 Å². The molecule has 0 aromatic rings. The summed E-state index contributed by atoms with van der Waals surface area (Å²) in [5.74, 6) is 1.12. The number of alkyl halides is 2. The number of halogens is 2. The Kier molecular flexibility index (Phi) is 5.74. The first-order valence-corrected chi connectivity index (χ1v) is 5.94. The lowest BCUT2D eigenvalue weighted by atomic mass is 10.2. The van der Waals surface area contributed by atoms with Gasteiger partial charge in [-0.05, 0) is 6.42 Å². The van der Waals surface area contributed by atoms with Gasteiger partial charge in [0.2, 0.25) is 0 Å². The molecule has 0 bridgehead atoms. The Labute approximate surface area is 87.8 Å². The second-order valence-electron chi connectivity index (χ2n) is 3.50. The Morgan fingerprint density at radius 1 is 1.57 bits per heavy atom. The highest BCUT2D eigenvalue weighted by Crippen LogP contribution is 2.25. The number of rotatable bonds is 6.